The fourth-order valence-electron chi connectivity index (χ4n) is 3.35. The standard InChI is InChI=1S/C19H23NO3S/c1-13-3-8-17(24-13)18(14-4-6-16(23-2)7-5-14)20-11-9-15(10-12-20)19(21)22/h3-8,15,18H,9-12H2,1-2H3,(H,21,22). The average Bonchev–Trinajstić information content (AvgIpc) is 3.02. The molecule has 0 bridgehead atoms. The van der Waals surface area contributed by atoms with Crippen LogP contribution < -0.4 is 4.74 Å². The van der Waals surface area contributed by atoms with Gasteiger partial charge in [-0.2, -0.15) is 0 Å². The van der Waals surface area contributed by atoms with Crippen molar-refractivity contribution in [1.82, 2.24) is 4.90 Å². The minimum atomic E-state index is -0.664. The van der Waals surface area contributed by atoms with Gasteiger partial charge < -0.3 is 9.84 Å². The van der Waals surface area contributed by atoms with E-state index < -0.39 is 5.97 Å². The van der Waals surface area contributed by atoms with Gasteiger partial charge in [-0.1, -0.05) is 12.1 Å². The highest BCUT2D eigenvalue weighted by molar-refractivity contribution is 7.12. The van der Waals surface area contributed by atoms with E-state index in [4.69, 9.17) is 4.74 Å². The third kappa shape index (κ3) is 3.62. The van der Waals surface area contributed by atoms with Gasteiger partial charge in [0.1, 0.15) is 5.75 Å². The Morgan fingerprint density at radius 2 is 1.88 bits per heavy atom. The highest BCUT2D eigenvalue weighted by Gasteiger charge is 2.30. The second-order valence-electron chi connectivity index (χ2n) is 6.27. The number of rotatable bonds is 5. The summed E-state index contributed by atoms with van der Waals surface area (Å²) < 4.78 is 5.27. The molecule has 5 heteroatoms. The number of thiophene rings is 1. The molecule has 0 amide bonds. The van der Waals surface area contributed by atoms with E-state index in [0.717, 1.165) is 18.8 Å². The van der Waals surface area contributed by atoms with Gasteiger partial charge in [0, 0.05) is 9.75 Å². The lowest BCUT2D eigenvalue weighted by molar-refractivity contribution is -0.143. The average molecular weight is 345 g/mol. The fourth-order valence-corrected chi connectivity index (χ4v) is 4.39. The molecule has 3 rings (SSSR count). The van der Waals surface area contributed by atoms with Gasteiger partial charge in [-0.3, -0.25) is 9.69 Å². The molecule has 1 unspecified atom stereocenters. The van der Waals surface area contributed by atoms with Crippen LogP contribution in [0.2, 0.25) is 0 Å². The molecular formula is C19H23NO3S. The summed E-state index contributed by atoms with van der Waals surface area (Å²) in [7, 11) is 1.67. The zero-order valence-corrected chi connectivity index (χ0v) is 14.9. The lowest BCUT2D eigenvalue weighted by Gasteiger charge is -2.36. The SMILES string of the molecule is COc1ccc(C(c2ccc(C)s2)N2CCC(C(=O)O)CC2)cc1. The van der Waals surface area contributed by atoms with Gasteiger partial charge in [0.2, 0.25) is 0 Å². The van der Waals surface area contributed by atoms with Crippen LogP contribution in [-0.4, -0.2) is 36.2 Å². The first-order valence-electron chi connectivity index (χ1n) is 8.25. The Morgan fingerprint density at radius 1 is 1.21 bits per heavy atom. The molecule has 1 aromatic heterocycles. The Kier molecular flexibility index (Phi) is 5.21. The molecule has 128 valence electrons. The van der Waals surface area contributed by atoms with E-state index in [9.17, 15) is 9.90 Å². The van der Waals surface area contributed by atoms with Crippen molar-refractivity contribution in [3.8, 4) is 5.75 Å². The fraction of sp³-hybridized carbons (Fsp3) is 0.421. The third-order valence-corrected chi connectivity index (χ3v) is 5.76. The number of aryl methyl sites for hydroxylation is 1. The molecule has 1 saturated heterocycles. The van der Waals surface area contributed by atoms with E-state index in [1.807, 2.05) is 23.5 Å². The maximum absolute atomic E-state index is 11.2. The largest absolute Gasteiger partial charge is 0.497 e. The van der Waals surface area contributed by atoms with E-state index in [1.165, 1.54) is 15.3 Å². The lowest BCUT2D eigenvalue weighted by atomic mass is 9.94. The number of benzene rings is 1. The van der Waals surface area contributed by atoms with Gasteiger partial charge >= 0.3 is 5.97 Å². The molecule has 0 radical (unpaired) electrons. The number of piperidine rings is 1. The first kappa shape index (κ1) is 17.0. The predicted octanol–water partition coefficient (Wildman–Crippen LogP) is 3.95. The van der Waals surface area contributed by atoms with Crippen molar-refractivity contribution >= 4 is 17.3 Å². The van der Waals surface area contributed by atoms with Gasteiger partial charge in [-0.15, -0.1) is 11.3 Å². The zero-order chi connectivity index (χ0) is 17.1. The molecule has 1 N–H and O–H groups in total. The molecule has 1 aliphatic rings. The Bertz CT molecular complexity index is 687. The van der Waals surface area contributed by atoms with Crippen molar-refractivity contribution in [2.24, 2.45) is 5.92 Å². The molecule has 0 aliphatic carbocycles. The molecule has 1 atom stereocenters. The highest BCUT2D eigenvalue weighted by Crippen LogP contribution is 2.36. The Hall–Kier alpha value is -1.85. The summed E-state index contributed by atoms with van der Waals surface area (Å²) in [6, 6.07) is 12.7. The summed E-state index contributed by atoms with van der Waals surface area (Å²) in [5, 5.41) is 9.23. The van der Waals surface area contributed by atoms with Crippen LogP contribution in [0.15, 0.2) is 36.4 Å². The van der Waals surface area contributed by atoms with Gasteiger partial charge in [0.15, 0.2) is 0 Å². The molecule has 0 spiro atoms. The topological polar surface area (TPSA) is 49.8 Å². The molecule has 0 saturated carbocycles. The number of nitrogens with zero attached hydrogens (tertiary/aromatic N) is 1. The smallest absolute Gasteiger partial charge is 0.306 e. The van der Waals surface area contributed by atoms with Crippen LogP contribution in [0.5, 0.6) is 5.75 Å². The second kappa shape index (κ2) is 7.36. The van der Waals surface area contributed by atoms with Gasteiger partial charge in [-0.25, -0.2) is 0 Å². The molecular weight excluding hydrogens is 322 g/mol. The van der Waals surface area contributed by atoms with E-state index >= 15 is 0 Å². The van der Waals surface area contributed by atoms with Crippen molar-refractivity contribution in [1.29, 1.82) is 0 Å². The Morgan fingerprint density at radius 3 is 2.38 bits per heavy atom. The maximum Gasteiger partial charge on any atom is 0.306 e. The number of hydrogen-bond donors (Lipinski definition) is 1. The molecule has 4 nitrogen and oxygen atoms in total. The Labute approximate surface area is 146 Å². The summed E-state index contributed by atoms with van der Waals surface area (Å²) in [6.07, 6.45) is 1.43. The molecule has 1 fully saturated rings. The molecule has 1 aliphatic heterocycles. The van der Waals surface area contributed by atoms with E-state index in [2.05, 4.69) is 36.1 Å². The van der Waals surface area contributed by atoms with Crippen molar-refractivity contribution in [2.45, 2.75) is 25.8 Å². The number of carboxylic acids is 1. The van der Waals surface area contributed by atoms with Gasteiger partial charge in [0.05, 0.1) is 19.1 Å². The van der Waals surface area contributed by atoms with E-state index in [1.54, 1.807) is 7.11 Å². The van der Waals surface area contributed by atoms with E-state index in [-0.39, 0.29) is 12.0 Å². The van der Waals surface area contributed by atoms with Crippen LogP contribution in [0.3, 0.4) is 0 Å². The van der Waals surface area contributed by atoms with Crippen LogP contribution in [0.25, 0.3) is 0 Å². The summed E-state index contributed by atoms with van der Waals surface area (Å²) in [6.45, 7) is 3.74. The van der Waals surface area contributed by atoms with Crippen molar-refractivity contribution in [2.75, 3.05) is 20.2 Å². The van der Waals surface area contributed by atoms with Crippen LogP contribution >= 0.6 is 11.3 Å². The number of methoxy groups -OCH3 is 1. The third-order valence-electron chi connectivity index (χ3n) is 4.71. The molecule has 2 aromatic rings. The molecule has 2 heterocycles. The maximum atomic E-state index is 11.2. The lowest BCUT2D eigenvalue weighted by Crippen LogP contribution is -2.39. The number of carbonyl (C=O) groups is 1. The number of carboxylic acid groups (broad SMARTS) is 1. The van der Waals surface area contributed by atoms with E-state index in [0.29, 0.717) is 12.8 Å². The summed E-state index contributed by atoms with van der Waals surface area (Å²) >= 11 is 1.81. The van der Waals surface area contributed by atoms with Crippen molar-refractivity contribution in [3.05, 3.63) is 51.7 Å². The van der Waals surface area contributed by atoms with Crippen LogP contribution in [0, 0.1) is 12.8 Å². The minimum absolute atomic E-state index is 0.185. The molecule has 24 heavy (non-hydrogen) atoms. The number of ether oxygens (including phenoxy) is 1. The molecule has 1 aromatic carbocycles. The minimum Gasteiger partial charge on any atom is -0.497 e. The van der Waals surface area contributed by atoms with Crippen LogP contribution in [0.4, 0.5) is 0 Å². The monoisotopic (exact) mass is 345 g/mol. The summed E-state index contributed by atoms with van der Waals surface area (Å²) in [5.74, 6) is -0.0186. The quantitative estimate of drug-likeness (QED) is 0.891. The summed E-state index contributed by atoms with van der Waals surface area (Å²) in [5.41, 5.74) is 1.23. The van der Waals surface area contributed by atoms with Crippen molar-refractivity contribution < 1.29 is 14.6 Å². The second-order valence-corrected chi connectivity index (χ2v) is 7.59. The highest BCUT2D eigenvalue weighted by atomic mass is 32.1. The number of aliphatic carboxylic acids is 1. The summed E-state index contributed by atoms with van der Waals surface area (Å²) in [4.78, 5) is 16.2. The van der Waals surface area contributed by atoms with Gasteiger partial charge in [-0.05, 0) is 62.7 Å². The predicted molar refractivity (Wildman–Crippen MR) is 95.8 cm³/mol. The van der Waals surface area contributed by atoms with Crippen molar-refractivity contribution in [3.63, 3.8) is 0 Å². The zero-order valence-electron chi connectivity index (χ0n) is 14.1. The number of likely N-dealkylation sites (tertiary alicyclic amines) is 1. The first-order chi connectivity index (χ1) is 11.6. The van der Waals surface area contributed by atoms with Crippen LogP contribution in [0.1, 0.15) is 34.2 Å². The first-order valence-corrected chi connectivity index (χ1v) is 9.07. The van der Waals surface area contributed by atoms with Gasteiger partial charge in [0.25, 0.3) is 0 Å². The normalized spacial score (nSPS) is 17.6. The number of hydrogen-bond acceptors (Lipinski definition) is 4. The Balaban J connectivity index is 1.86. The van der Waals surface area contributed by atoms with Crippen LogP contribution in [-0.2, 0) is 4.79 Å².